The van der Waals surface area contributed by atoms with E-state index in [1.807, 2.05) is 18.2 Å². The maximum Gasteiger partial charge on any atom is 0.124 e. The third-order valence-corrected chi connectivity index (χ3v) is 4.61. The molecule has 2 nitrogen and oxygen atoms in total. The molecule has 0 saturated heterocycles. The fraction of sp³-hybridized carbons (Fsp3) is 0.250. The number of nitrogens with two attached hydrogens (primary N) is 1. The maximum absolute atomic E-state index is 13.1. The minimum atomic E-state index is -1.23. The summed E-state index contributed by atoms with van der Waals surface area (Å²) in [4.78, 5) is 0.407. The third kappa shape index (κ3) is 4.17. The highest BCUT2D eigenvalue weighted by Crippen LogP contribution is 2.18. The lowest BCUT2D eigenvalue weighted by molar-refractivity contribution is 0.623. The topological polar surface area (TPSA) is 43.1 Å². The molecule has 0 radical (unpaired) electrons. The maximum atomic E-state index is 13.1. The molecule has 106 valence electrons. The van der Waals surface area contributed by atoms with Crippen molar-refractivity contribution in [2.24, 2.45) is 0 Å². The minimum Gasteiger partial charge on any atom is -0.398 e. The predicted molar refractivity (Wildman–Crippen MR) is 81.5 cm³/mol. The van der Waals surface area contributed by atoms with Gasteiger partial charge in [0.15, 0.2) is 0 Å². The Morgan fingerprint density at radius 2 is 1.80 bits per heavy atom. The van der Waals surface area contributed by atoms with Crippen molar-refractivity contribution < 1.29 is 8.60 Å². The van der Waals surface area contributed by atoms with Gasteiger partial charge in [-0.1, -0.05) is 30.3 Å². The van der Waals surface area contributed by atoms with Crippen molar-refractivity contribution in [1.82, 2.24) is 0 Å². The molecule has 2 aromatic carbocycles. The minimum absolute atomic E-state index is 0.396. The lowest BCUT2D eigenvalue weighted by atomic mass is 10.1. The van der Waals surface area contributed by atoms with E-state index < -0.39 is 16.6 Å². The summed E-state index contributed by atoms with van der Waals surface area (Å²) in [6, 6.07) is 14.2. The van der Waals surface area contributed by atoms with Crippen LogP contribution in [0.4, 0.5) is 10.1 Å². The first kappa shape index (κ1) is 14.7. The van der Waals surface area contributed by atoms with Crippen LogP contribution >= 0.6 is 0 Å². The molecule has 0 amide bonds. The van der Waals surface area contributed by atoms with E-state index in [2.05, 4.69) is 12.1 Å². The van der Waals surface area contributed by atoms with Crippen molar-refractivity contribution in [3.05, 3.63) is 59.9 Å². The number of hydrogen-bond donors (Lipinski definition) is 1. The second-order valence-corrected chi connectivity index (χ2v) is 6.21. The van der Waals surface area contributed by atoms with Gasteiger partial charge in [0.25, 0.3) is 0 Å². The van der Waals surface area contributed by atoms with Gasteiger partial charge in [0.05, 0.1) is 15.7 Å². The van der Waals surface area contributed by atoms with E-state index in [0.29, 0.717) is 16.3 Å². The van der Waals surface area contributed by atoms with Crippen LogP contribution in [-0.4, -0.2) is 9.96 Å². The van der Waals surface area contributed by atoms with Crippen molar-refractivity contribution in [2.75, 3.05) is 11.5 Å². The van der Waals surface area contributed by atoms with Crippen molar-refractivity contribution >= 4 is 16.5 Å². The quantitative estimate of drug-likeness (QED) is 0.653. The molecular formula is C16H18FNOS. The lowest BCUT2D eigenvalue weighted by Crippen LogP contribution is -2.03. The Labute approximate surface area is 121 Å². The highest BCUT2D eigenvalue weighted by atomic mass is 32.2. The molecule has 0 aliphatic carbocycles. The van der Waals surface area contributed by atoms with E-state index in [-0.39, 0.29) is 0 Å². The van der Waals surface area contributed by atoms with E-state index in [0.717, 1.165) is 19.3 Å². The van der Waals surface area contributed by atoms with Crippen LogP contribution in [0.5, 0.6) is 0 Å². The van der Waals surface area contributed by atoms with Crippen molar-refractivity contribution in [3.63, 3.8) is 0 Å². The average molecular weight is 291 g/mol. The van der Waals surface area contributed by atoms with Gasteiger partial charge in [-0.05, 0) is 43.0 Å². The average Bonchev–Trinajstić information content (AvgIpc) is 2.47. The highest BCUT2D eigenvalue weighted by Gasteiger charge is 2.09. The van der Waals surface area contributed by atoms with Crippen LogP contribution in [0, 0.1) is 5.82 Å². The zero-order valence-electron chi connectivity index (χ0n) is 11.2. The van der Waals surface area contributed by atoms with Gasteiger partial charge in [0.1, 0.15) is 5.82 Å². The van der Waals surface area contributed by atoms with E-state index in [9.17, 15) is 8.60 Å². The van der Waals surface area contributed by atoms with E-state index in [1.165, 1.54) is 23.8 Å². The number of hydrogen-bond acceptors (Lipinski definition) is 2. The summed E-state index contributed by atoms with van der Waals surface area (Å²) in [6.45, 7) is 0. The summed E-state index contributed by atoms with van der Waals surface area (Å²) in [6.07, 6.45) is 2.76. The summed E-state index contributed by atoms with van der Waals surface area (Å²) in [5, 5.41) is 0. The fourth-order valence-electron chi connectivity index (χ4n) is 2.02. The first-order valence-electron chi connectivity index (χ1n) is 6.64. The van der Waals surface area contributed by atoms with Gasteiger partial charge in [-0.3, -0.25) is 4.21 Å². The Bertz CT molecular complexity index is 586. The number of unbranched alkanes of at least 4 members (excludes halogenated alkanes) is 1. The smallest absolute Gasteiger partial charge is 0.124 e. The van der Waals surface area contributed by atoms with Crippen molar-refractivity contribution in [1.29, 1.82) is 0 Å². The van der Waals surface area contributed by atoms with Gasteiger partial charge in [0.2, 0.25) is 0 Å². The lowest BCUT2D eigenvalue weighted by Gasteiger charge is -2.06. The number of halogens is 1. The summed E-state index contributed by atoms with van der Waals surface area (Å²) < 4.78 is 25.2. The Morgan fingerprint density at radius 1 is 1.05 bits per heavy atom. The van der Waals surface area contributed by atoms with Gasteiger partial charge in [-0.15, -0.1) is 0 Å². The van der Waals surface area contributed by atoms with E-state index in [1.54, 1.807) is 0 Å². The monoisotopic (exact) mass is 291 g/mol. The van der Waals surface area contributed by atoms with Gasteiger partial charge in [0, 0.05) is 11.4 Å². The molecular weight excluding hydrogens is 273 g/mol. The summed E-state index contributed by atoms with van der Waals surface area (Å²) >= 11 is 0. The van der Waals surface area contributed by atoms with Gasteiger partial charge in [-0.25, -0.2) is 4.39 Å². The zero-order valence-corrected chi connectivity index (χ0v) is 12.0. The van der Waals surface area contributed by atoms with Crippen molar-refractivity contribution in [3.8, 4) is 0 Å². The second kappa shape index (κ2) is 7.20. The molecule has 0 bridgehead atoms. The van der Waals surface area contributed by atoms with E-state index in [4.69, 9.17) is 5.73 Å². The first-order valence-corrected chi connectivity index (χ1v) is 7.96. The molecule has 1 atom stereocenters. The molecule has 0 spiro atoms. The van der Waals surface area contributed by atoms with Crippen LogP contribution in [0.2, 0.25) is 0 Å². The Balaban J connectivity index is 1.82. The van der Waals surface area contributed by atoms with Crippen LogP contribution in [0.1, 0.15) is 18.4 Å². The fourth-order valence-corrected chi connectivity index (χ4v) is 3.28. The summed E-state index contributed by atoms with van der Waals surface area (Å²) in [7, 11) is -1.23. The van der Waals surface area contributed by atoms with Gasteiger partial charge < -0.3 is 5.73 Å². The van der Waals surface area contributed by atoms with Crippen LogP contribution in [-0.2, 0) is 17.2 Å². The number of anilines is 1. The van der Waals surface area contributed by atoms with E-state index >= 15 is 0 Å². The molecule has 0 fully saturated rings. The highest BCUT2D eigenvalue weighted by molar-refractivity contribution is 7.85. The number of aryl methyl sites for hydroxylation is 1. The standard InChI is InChI=1S/C16H18FNOS/c17-14-9-10-15(18)16(12-14)20(19)11-5-4-8-13-6-2-1-3-7-13/h1-3,6-7,9-10,12H,4-5,8,11,18H2. The number of benzene rings is 2. The molecule has 0 aliphatic rings. The van der Waals surface area contributed by atoms with Crippen LogP contribution in [0.3, 0.4) is 0 Å². The predicted octanol–water partition coefficient (Wildman–Crippen LogP) is 3.54. The molecule has 0 heterocycles. The molecule has 0 aromatic heterocycles. The number of rotatable bonds is 6. The van der Waals surface area contributed by atoms with Crippen molar-refractivity contribution in [2.45, 2.75) is 24.2 Å². The first-order chi connectivity index (χ1) is 9.66. The van der Waals surface area contributed by atoms with Gasteiger partial charge >= 0.3 is 0 Å². The second-order valence-electron chi connectivity index (χ2n) is 4.67. The van der Waals surface area contributed by atoms with Crippen LogP contribution in [0.15, 0.2) is 53.4 Å². The molecule has 2 N–H and O–H groups in total. The third-order valence-electron chi connectivity index (χ3n) is 3.11. The molecule has 2 rings (SSSR count). The molecule has 4 heteroatoms. The Kier molecular flexibility index (Phi) is 5.30. The SMILES string of the molecule is Nc1ccc(F)cc1S(=O)CCCCc1ccccc1. The molecule has 0 saturated carbocycles. The molecule has 2 aromatic rings. The van der Waals surface area contributed by atoms with Crippen LogP contribution < -0.4 is 5.73 Å². The molecule has 1 unspecified atom stereocenters. The normalized spacial score (nSPS) is 12.2. The number of nitrogen functional groups attached to an aromatic ring is 1. The summed E-state index contributed by atoms with van der Waals surface area (Å²) in [5.74, 6) is 0.118. The molecule has 0 aliphatic heterocycles. The zero-order chi connectivity index (χ0) is 14.4. The van der Waals surface area contributed by atoms with Gasteiger partial charge in [-0.2, -0.15) is 0 Å². The Hall–Kier alpha value is -1.68. The Morgan fingerprint density at radius 3 is 2.55 bits per heavy atom. The summed E-state index contributed by atoms with van der Waals surface area (Å²) in [5.41, 5.74) is 7.40. The van der Waals surface area contributed by atoms with Crippen LogP contribution in [0.25, 0.3) is 0 Å². The molecule has 20 heavy (non-hydrogen) atoms. The largest absolute Gasteiger partial charge is 0.398 e.